The van der Waals surface area contributed by atoms with E-state index in [0.717, 1.165) is 11.1 Å². The van der Waals surface area contributed by atoms with Crippen molar-refractivity contribution in [3.05, 3.63) is 83.6 Å². The molecule has 2 N–H and O–H groups in total. The second-order valence-corrected chi connectivity index (χ2v) is 7.54. The van der Waals surface area contributed by atoms with E-state index in [2.05, 4.69) is 10.6 Å². The number of rotatable bonds is 5. The van der Waals surface area contributed by atoms with Crippen molar-refractivity contribution in [1.82, 2.24) is 0 Å². The van der Waals surface area contributed by atoms with E-state index in [1.807, 2.05) is 43.3 Å². The molecular weight excluding hydrogens is 408 g/mol. The van der Waals surface area contributed by atoms with E-state index in [4.69, 9.17) is 13.9 Å². The van der Waals surface area contributed by atoms with Gasteiger partial charge < -0.3 is 24.5 Å². The lowest BCUT2D eigenvalue weighted by atomic mass is 10.1. The lowest BCUT2D eigenvalue weighted by Crippen LogP contribution is -2.18. The van der Waals surface area contributed by atoms with Gasteiger partial charge in [-0.25, -0.2) is 0 Å². The number of nitrogens with one attached hydrogen (secondary N) is 2. The molecule has 0 bridgehead atoms. The maximum atomic E-state index is 13.1. The molecule has 0 aliphatic carbocycles. The summed E-state index contributed by atoms with van der Waals surface area (Å²) in [5.74, 6) is 0.488. The van der Waals surface area contributed by atoms with E-state index >= 15 is 0 Å². The first-order chi connectivity index (χ1) is 15.6. The number of anilines is 2. The van der Waals surface area contributed by atoms with Crippen molar-refractivity contribution in [3.63, 3.8) is 0 Å². The van der Waals surface area contributed by atoms with Crippen LogP contribution in [0.2, 0.25) is 0 Å². The lowest BCUT2D eigenvalue weighted by Gasteiger charge is -2.08. The van der Waals surface area contributed by atoms with Crippen LogP contribution in [-0.2, 0) is 11.2 Å². The summed E-state index contributed by atoms with van der Waals surface area (Å²) >= 11 is 0. The van der Waals surface area contributed by atoms with E-state index in [0.29, 0.717) is 33.8 Å². The quantitative estimate of drug-likeness (QED) is 0.472. The molecule has 5 rings (SSSR count). The van der Waals surface area contributed by atoms with Gasteiger partial charge in [-0.2, -0.15) is 0 Å². The zero-order valence-electron chi connectivity index (χ0n) is 17.3. The Morgan fingerprint density at radius 1 is 0.906 bits per heavy atom. The van der Waals surface area contributed by atoms with Crippen LogP contribution in [0.5, 0.6) is 11.5 Å². The van der Waals surface area contributed by atoms with E-state index in [9.17, 15) is 9.59 Å². The molecule has 1 aliphatic rings. The van der Waals surface area contributed by atoms with Gasteiger partial charge in [0.1, 0.15) is 11.3 Å². The number of hydrogen-bond donors (Lipinski definition) is 2. The second kappa shape index (κ2) is 8.11. The average Bonchev–Trinajstić information content (AvgIpc) is 3.38. The van der Waals surface area contributed by atoms with Crippen LogP contribution < -0.4 is 20.1 Å². The topological polar surface area (TPSA) is 89.8 Å². The fourth-order valence-electron chi connectivity index (χ4n) is 3.68. The van der Waals surface area contributed by atoms with Gasteiger partial charge in [-0.05, 0) is 36.8 Å². The molecule has 1 aliphatic heterocycles. The molecule has 7 heteroatoms. The zero-order valence-corrected chi connectivity index (χ0v) is 17.3. The molecule has 0 spiro atoms. The molecule has 32 heavy (non-hydrogen) atoms. The van der Waals surface area contributed by atoms with Gasteiger partial charge in [0.25, 0.3) is 5.91 Å². The molecule has 0 saturated carbocycles. The third-order valence-corrected chi connectivity index (χ3v) is 5.14. The summed E-state index contributed by atoms with van der Waals surface area (Å²) < 4.78 is 16.5. The van der Waals surface area contributed by atoms with E-state index < -0.39 is 5.91 Å². The third-order valence-electron chi connectivity index (χ3n) is 5.14. The monoisotopic (exact) mass is 428 g/mol. The van der Waals surface area contributed by atoms with Crippen molar-refractivity contribution in [1.29, 1.82) is 0 Å². The molecule has 2 amide bonds. The fourth-order valence-corrected chi connectivity index (χ4v) is 3.68. The van der Waals surface area contributed by atoms with Gasteiger partial charge >= 0.3 is 0 Å². The maximum Gasteiger partial charge on any atom is 0.293 e. The average molecular weight is 428 g/mol. The number of benzene rings is 3. The summed E-state index contributed by atoms with van der Waals surface area (Å²) in [6, 6.07) is 20.1. The molecule has 1 aromatic heterocycles. The van der Waals surface area contributed by atoms with Crippen LogP contribution in [0, 0.1) is 6.92 Å². The SMILES string of the molecule is Cc1cccc(CC(=O)Nc2c(C(=O)Nc3ccc4c(c3)OCO4)oc3ccccc23)c1. The largest absolute Gasteiger partial charge is 0.454 e. The highest BCUT2D eigenvalue weighted by Gasteiger charge is 2.23. The summed E-state index contributed by atoms with van der Waals surface area (Å²) in [7, 11) is 0. The summed E-state index contributed by atoms with van der Waals surface area (Å²) in [5, 5.41) is 6.33. The van der Waals surface area contributed by atoms with Crippen LogP contribution >= 0.6 is 0 Å². The molecule has 160 valence electrons. The highest BCUT2D eigenvalue weighted by Crippen LogP contribution is 2.35. The molecule has 0 saturated heterocycles. The number of carbonyl (C=O) groups is 2. The Labute approximate surface area is 183 Å². The molecule has 2 heterocycles. The van der Waals surface area contributed by atoms with Gasteiger partial charge in [0.05, 0.1) is 6.42 Å². The first-order valence-corrected chi connectivity index (χ1v) is 10.1. The Hall–Kier alpha value is -4.26. The van der Waals surface area contributed by atoms with Gasteiger partial charge in [-0.3, -0.25) is 9.59 Å². The summed E-state index contributed by atoms with van der Waals surface area (Å²) in [6.07, 6.45) is 0.185. The first kappa shape index (κ1) is 19.7. The normalized spacial score (nSPS) is 12.0. The Balaban J connectivity index is 1.42. The molecule has 3 aromatic carbocycles. The summed E-state index contributed by atoms with van der Waals surface area (Å²) in [5.41, 5.74) is 3.34. The first-order valence-electron chi connectivity index (χ1n) is 10.1. The Bertz CT molecular complexity index is 1340. The van der Waals surface area contributed by atoms with Crippen LogP contribution in [0.3, 0.4) is 0 Å². The lowest BCUT2D eigenvalue weighted by molar-refractivity contribution is -0.115. The molecule has 4 aromatic rings. The van der Waals surface area contributed by atoms with Crippen LogP contribution in [0.25, 0.3) is 11.0 Å². The van der Waals surface area contributed by atoms with Crippen molar-refractivity contribution in [2.24, 2.45) is 0 Å². The van der Waals surface area contributed by atoms with Crippen molar-refractivity contribution in [2.75, 3.05) is 17.4 Å². The Kier molecular flexibility index (Phi) is 4.99. The molecular formula is C25H20N2O5. The van der Waals surface area contributed by atoms with E-state index in [1.165, 1.54) is 0 Å². The minimum atomic E-state index is -0.481. The van der Waals surface area contributed by atoms with Crippen molar-refractivity contribution < 1.29 is 23.5 Å². The number of carbonyl (C=O) groups excluding carboxylic acids is 2. The fraction of sp³-hybridized carbons (Fsp3) is 0.120. The van der Waals surface area contributed by atoms with Crippen molar-refractivity contribution in [2.45, 2.75) is 13.3 Å². The van der Waals surface area contributed by atoms with Crippen LogP contribution in [0.15, 0.2) is 71.1 Å². The van der Waals surface area contributed by atoms with Gasteiger partial charge in [0.2, 0.25) is 18.5 Å². The standard InChI is InChI=1S/C25H20N2O5/c1-15-5-4-6-16(11-15)12-22(28)27-23-18-7-2-3-8-19(18)32-24(23)25(29)26-17-9-10-20-21(13-17)31-14-30-20/h2-11,13H,12,14H2,1H3,(H,26,29)(H,27,28). The molecule has 7 nitrogen and oxygen atoms in total. The van der Waals surface area contributed by atoms with Crippen LogP contribution in [0.1, 0.15) is 21.7 Å². The number of aryl methyl sites for hydroxylation is 1. The van der Waals surface area contributed by atoms with Crippen LogP contribution in [-0.4, -0.2) is 18.6 Å². The Morgan fingerprint density at radius 3 is 2.62 bits per heavy atom. The number of fused-ring (bicyclic) bond motifs is 2. The van der Waals surface area contributed by atoms with Gasteiger partial charge in [-0.1, -0.05) is 42.0 Å². The number of furan rings is 1. The molecule has 0 fully saturated rings. The number of ether oxygens (including phenoxy) is 2. The van der Waals surface area contributed by atoms with Gasteiger partial charge in [0.15, 0.2) is 11.5 Å². The minimum absolute atomic E-state index is 0.0291. The number of amides is 2. The smallest absolute Gasteiger partial charge is 0.293 e. The highest BCUT2D eigenvalue weighted by molar-refractivity contribution is 6.14. The maximum absolute atomic E-state index is 13.1. The summed E-state index contributed by atoms with van der Waals surface area (Å²) in [6.45, 7) is 2.12. The number of hydrogen-bond acceptors (Lipinski definition) is 5. The van der Waals surface area contributed by atoms with Crippen molar-refractivity contribution >= 4 is 34.2 Å². The second-order valence-electron chi connectivity index (χ2n) is 7.54. The molecule has 0 unspecified atom stereocenters. The molecule has 0 atom stereocenters. The number of para-hydroxylation sites is 1. The van der Waals surface area contributed by atoms with E-state index in [-0.39, 0.29) is 24.9 Å². The van der Waals surface area contributed by atoms with Crippen molar-refractivity contribution in [3.8, 4) is 11.5 Å². The van der Waals surface area contributed by atoms with Gasteiger partial charge in [0, 0.05) is 17.1 Å². The predicted octanol–water partition coefficient (Wildman–Crippen LogP) is 4.90. The molecule has 0 radical (unpaired) electrons. The highest BCUT2D eigenvalue weighted by atomic mass is 16.7. The minimum Gasteiger partial charge on any atom is -0.454 e. The van der Waals surface area contributed by atoms with Gasteiger partial charge in [-0.15, -0.1) is 0 Å². The third kappa shape index (κ3) is 3.88. The van der Waals surface area contributed by atoms with Crippen LogP contribution in [0.4, 0.5) is 11.4 Å². The summed E-state index contributed by atoms with van der Waals surface area (Å²) in [4.78, 5) is 25.8. The van der Waals surface area contributed by atoms with E-state index in [1.54, 1.807) is 30.3 Å². The zero-order chi connectivity index (χ0) is 22.1. The predicted molar refractivity (Wildman–Crippen MR) is 120 cm³/mol. The Morgan fingerprint density at radius 2 is 1.75 bits per heavy atom.